The maximum atomic E-state index is 14.0. The van der Waals surface area contributed by atoms with Gasteiger partial charge in [0.25, 0.3) is 0 Å². The second-order valence-corrected chi connectivity index (χ2v) is 9.52. The Kier molecular flexibility index (Phi) is 7.08. The van der Waals surface area contributed by atoms with Crippen molar-refractivity contribution in [1.29, 1.82) is 0 Å². The number of nitrogens with one attached hydrogen (secondary N) is 1. The van der Waals surface area contributed by atoms with Crippen LogP contribution in [0.1, 0.15) is 35.5 Å². The van der Waals surface area contributed by atoms with Crippen molar-refractivity contribution < 1.29 is 33.4 Å². The molecule has 0 unspecified atom stereocenters. The second kappa shape index (κ2) is 10.4. The predicted octanol–water partition coefficient (Wildman–Crippen LogP) is 1.37. The maximum Gasteiger partial charge on any atom is 0.375 e. The fourth-order valence-corrected chi connectivity index (χ4v) is 5.03. The van der Waals surface area contributed by atoms with Gasteiger partial charge in [0.15, 0.2) is 11.5 Å². The number of likely N-dealkylation sites (N-methyl/N-ethyl adjacent to an activating group) is 1. The van der Waals surface area contributed by atoms with E-state index in [-0.39, 0.29) is 40.1 Å². The third kappa shape index (κ3) is 4.76. The van der Waals surface area contributed by atoms with Crippen molar-refractivity contribution in [2.24, 2.45) is 0 Å². The van der Waals surface area contributed by atoms with Gasteiger partial charge in [-0.3, -0.25) is 9.69 Å². The first kappa shape index (κ1) is 25.1. The van der Waals surface area contributed by atoms with Gasteiger partial charge in [-0.2, -0.15) is 0 Å². The molecule has 2 aliphatic heterocycles. The maximum absolute atomic E-state index is 14.0. The van der Waals surface area contributed by atoms with Crippen LogP contribution in [-0.4, -0.2) is 63.9 Å². The monoisotopic (exact) mass is 508 g/mol. The molecule has 9 nitrogen and oxygen atoms in total. The fraction of sp³-hybridized carbons (Fsp3) is 0.429. The standard InChI is InChI=1S/C28H32N2O7/c1-4-17-14-19-25(32)23(18-6-7-21-22(15-18)36-13-12-35-21)27(28(33)34-5-2)37-26(19)20(24(17)31)16-30-10-8-29(3)9-11-30/h6-7,14-15,31H,4-5,8-13,16H2,1-3H3. The van der Waals surface area contributed by atoms with Crippen LogP contribution in [0.15, 0.2) is 33.5 Å². The summed E-state index contributed by atoms with van der Waals surface area (Å²) in [6.07, 6.45) is 0.484. The van der Waals surface area contributed by atoms with Crippen LogP contribution < -0.4 is 24.9 Å². The summed E-state index contributed by atoms with van der Waals surface area (Å²) in [5.74, 6) is -0.0433. The molecule has 0 amide bonds. The highest BCUT2D eigenvalue weighted by Crippen LogP contribution is 2.37. The van der Waals surface area contributed by atoms with E-state index in [1.165, 1.54) is 4.90 Å². The molecule has 0 atom stereocenters. The average Bonchev–Trinajstić information content (AvgIpc) is 2.91. The number of carbonyl (C=O) groups is 1. The third-order valence-corrected chi connectivity index (χ3v) is 7.10. The zero-order valence-corrected chi connectivity index (χ0v) is 21.5. The third-order valence-electron chi connectivity index (χ3n) is 7.10. The van der Waals surface area contributed by atoms with Crippen LogP contribution in [0.4, 0.5) is 0 Å². The Labute approximate surface area is 215 Å². The SMILES string of the molecule is CCOC(=O)c1oc2c(C[NH+]3CCN(C)CC3)c([O-])c(CC)cc2c(=O)c1-c1ccc2c(c1)OCCO2. The molecule has 0 saturated carbocycles. The van der Waals surface area contributed by atoms with Gasteiger partial charge in [0, 0.05) is 18.7 Å². The zero-order chi connectivity index (χ0) is 26.1. The van der Waals surface area contributed by atoms with Gasteiger partial charge in [-0.15, -0.1) is 0 Å². The molecule has 2 aromatic carbocycles. The molecule has 1 aromatic heterocycles. The number of nitrogens with zero attached hydrogens (tertiary/aromatic N) is 1. The molecular formula is C28H32N2O7. The lowest BCUT2D eigenvalue weighted by molar-refractivity contribution is -0.918. The summed E-state index contributed by atoms with van der Waals surface area (Å²) < 4.78 is 22.8. The molecule has 0 spiro atoms. The average molecular weight is 509 g/mol. The highest BCUT2D eigenvalue weighted by molar-refractivity contribution is 5.98. The quantitative estimate of drug-likeness (QED) is 0.498. The van der Waals surface area contributed by atoms with Crippen LogP contribution in [0.5, 0.6) is 17.2 Å². The Morgan fingerprint density at radius 1 is 1.11 bits per heavy atom. The van der Waals surface area contributed by atoms with Crippen LogP contribution in [0.2, 0.25) is 0 Å². The van der Waals surface area contributed by atoms with Gasteiger partial charge in [-0.25, -0.2) is 4.79 Å². The molecule has 1 saturated heterocycles. The van der Waals surface area contributed by atoms with E-state index >= 15 is 0 Å². The number of piperazine rings is 1. The van der Waals surface area contributed by atoms with Crippen molar-refractivity contribution in [3.05, 3.63) is 51.4 Å². The summed E-state index contributed by atoms with van der Waals surface area (Å²) >= 11 is 0. The Bertz CT molecular complexity index is 1390. The highest BCUT2D eigenvalue weighted by Gasteiger charge is 2.28. The topological polar surface area (TPSA) is 106 Å². The molecule has 37 heavy (non-hydrogen) atoms. The Hall–Kier alpha value is -3.56. The van der Waals surface area contributed by atoms with Crippen LogP contribution in [0, 0.1) is 0 Å². The van der Waals surface area contributed by atoms with E-state index in [2.05, 4.69) is 11.9 Å². The molecule has 2 aliphatic rings. The smallest absolute Gasteiger partial charge is 0.375 e. The summed E-state index contributed by atoms with van der Waals surface area (Å²) in [5, 5.41) is 13.7. The first-order chi connectivity index (χ1) is 17.9. The van der Waals surface area contributed by atoms with Gasteiger partial charge >= 0.3 is 5.97 Å². The molecule has 3 heterocycles. The van der Waals surface area contributed by atoms with Gasteiger partial charge in [0.05, 0.1) is 30.6 Å². The van der Waals surface area contributed by atoms with E-state index in [1.54, 1.807) is 31.2 Å². The Balaban J connectivity index is 1.73. The van der Waals surface area contributed by atoms with Crippen LogP contribution in [0.25, 0.3) is 22.1 Å². The first-order valence-corrected chi connectivity index (χ1v) is 12.8. The zero-order valence-electron chi connectivity index (χ0n) is 21.5. The molecule has 1 N–H and O–H groups in total. The molecular weight excluding hydrogens is 476 g/mol. The molecule has 0 radical (unpaired) electrons. The van der Waals surface area contributed by atoms with Crippen molar-refractivity contribution in [1.82, 2.24) is 4.90 Å². The van der Waals surface area contributed by atoms with Gasteiger partial charge in [0.1, 0.15) is 25.3 Å². The summed E-state index contributed by atoms with van der Waals surface area (Å²) in [7, 11) is 2.08. The van der Waals surface area contributed by atoms with Crippen molar-refractivity contribution >= 4 is 16.9 Å². The normalized spacial score (nSPS) is 16.2. The van der Waals surface area contributed by atoms with Crippen molar-refractivity contribution in [3.8, 4) is 28.4 Å². The molecule has 5 rings (SSSR count). The summed E-state index contributed by atoms with van der Waals surface area (Å²) in [5.41, 5.74) is 1.32. The van der Waals surface area contributed by atoms with Gasteiger partial charge < -0.3 is 28.6 Å². The lowest BCUT2D eigenvalue weighted by atomic mass is 9.97. The minimum Gasteiger partial charge on any atom is -0.872 e. The van der Waals surface area contributed by atoms with Gasteiger partial charge in [-0.1, -0.05) is 24.3 Å². The van der Waals surface area contributed by atoms with Crippen molar-refractivity contribution in [2.45, 2.75) is 26.8 Å². The van der Waals surface area contributed by atoms with E-state index in [4.69, 9.17) is 18.6 Å². The number of hydrogen-bond donors (Lipinski definition) is 1. The molecule has 9 heteroatoms. The molecule has 3 aromatic rings. The minimum absolute atomic E-state index is 0.0847. The van der Waals surface area contributed by atoms with Gasteiger partial charge in [-0.05, 0) is 44.2 Å². The Morgan fingerprint density at radius 3 is 2.54 bits per heavy atom. The lowest BCUT2D eigenvalue weighted by Gasteiger charge is -2.31. The molecule has 0 bridgehead atoms. The van der Waals surface area contributed by atoms with E-state index in [0.29, 0.717) is 54.4 Å². The molecule has 196 valence electrons. The van der Waals surface area contributed by atoms with Crippen LogP contribution >= 0.6 is 0 Å². The number of quaternary nitrogens is 1. The first-order valence-electron chi connectivity index (χ1n) is 12.8. The van der Waals surface area contributed by atoms with Gasteiger partial charge in [0.2, 0.25) is 11.2 Å². The van der Waals surface area contributed by atoms with Crippen LogP contribution in [-0.2, 0) is 17.7 Å². The van der Waals surface area contributed by atoms with E-state index in [1.807, 2.05) is 6.92 Å². The molecule has 0 aliphatic carbocycles. The number of fused-ring (bicyclic) bond motifs is 2. The highest BCUT2D eigenvalue weighted by atomic mass is 16.6. The fourth-order valence-electron chi connectivity index (χ4n) is 5.03. The van der Waals surface area contributed by atoms with E-state index in [0.717, 1.165) is 26.2 Å². The van der Waals surface area contributed by atoms with E-state index in [9.17, 15) is 14.7 Å². The number of esters is 1. The minimum atomic E-state index is -0.753. The number of carbonyl (C=O) groups excluding carboxylic acids is 1. The predicted molar refractivity (Wildman–Crippen MR) is 136 cm³/mol. The number of rotatable bonds is 6. The van der Waals surface area contributed by atoms with Crippen molar-refractivity contribution in [2.75, 3.05) is 53.0 Å². The summed E-state index contributed by atoms with van der Waals surface area (Å²) in [6.45, 7) is 8.52. The lowest BCUT2D eigenvalue weighted by Crippen LogP contribution is -3.13. The number of aryl methyl sites for hydroxylation is 1. The van der Waals surface area contributed by atoms with E-state index < -0.39 is 5.97 Å². The Morgan fingerprint density at radius 2 is 1.84 bits per heavy atom. The van der Waals surface area contributed by atoms with Crippen molar-refractivity contribution in [3.63, 3.8) is 0 Å². The number of ether oxygens (including phenoxy) is 3. The van der Waals surface area contributed by atoms with Crippen LogP contribution in [0.3, 0.4) is 0 Å². The number of hydrogen-bond acceptors (Lipinski definition) is 8. The summed E-state index contributed by atoms with van der Waals surface area (Å²) in [6, 6.07) is 6.70. The second-order valence-electron chi connectivity index (χ2n) is 9.52. The largest absolute Gasteiger partial charge is 0.872 e. The molecule has 1 fully saturated rings. The summed E-state index contributed by atoms with van der Waals surface area (Å²) in [4.78, 5) is 30.6. The number of benzene rings is 2.